The van der Waals surface area contributed by atoms with E-state index in [1.807, 2.05) is 61.5 Å². The second kappa shape index (κ2) is 9.59. The van der Waals surface area contributed by atoms with E-state index in [0.717, 1.165) is 22.4 Å². The number of benzene rings is 2. The molecule has 0 aliphatic heterocycles. The SMILES string of the molecule is CCO[C@@H](Cc1cccc(/C(C)=N/OCc2ccccc2)c1)C(=O)O. The lowest BCUT2D eigenvalue weighted by molar-refractivity contribution is -0.149. The Morgan fingerprint density at radius 1 is 1.12 bits per heavy atom. The molecule has 0 aromatic heterocycles. The van der Waals surface area contributed by atoms with E-state index in [4.69, 9.17) is 9.57 Å². The van der Waals surface area contributed by atoms with Gasteiger partial charge in [0.25, 0.3) is 0 Å². The molecule has 0 aliphatic rings. The maximum Gasteiger partial charge on any atom is 0.333 e. The number of aliphatic carboxylic acids is 1. The van der Waals surface area contributed by atoms with Crippen molar-refractivity contribution in [1.82, 2.24) is 0 Å². The fourth-order valence-electron chi connectivity index (χ4n) is 2.39. The number of nitrogens with zero attached hydrogens (tertiary/aromatic N) is 1. The molecular formula is C20H23NO4. The predicted octanol–water partition coefficient (Wildman–Crippen LogP) is 3.66. The largest absolute Gasteiger partial charge is 0.479 e. The van der Waals surface area contributed by atoms with Crippen molar-refractivity contribution < 1.29 is 19.5 Å². The van der Waals surface area contributed by atoms with Gasteiger partial charge < -0.3 is 14.7 Å². The molecule has 25 heavy (non-hydrogen) atoms. The van der Waals surface area contributed by atoms with Crippen LogP contribution in [0.3, 0.4) is 0 Å². The van der Waals surface area contributed by atoms with Gasteiger partial charge in [0.15, 0.2) is 6.10 Å². The van der Waals surface area contributed by atoms with Crippen LogP contribution in [0.15, 0.2) is 59.8 Å². The van der Waals surface area contributed by atoms with Crippen LogP contribution in [0.5, 0.6) is 0 Å². The van der Waals surface area contributed by atoms with Gasteiger partial charge in [-0.15, -0.1) is 0 Å². The van der Waals surface area contributed by atoms with Gasteiger partial charge in [0.2, 0.25) is 0 Å². The molecule has 0 bridgehead atoms. The monoisotopic (exact) mass is 341 g/mol. The molecule has 0 saturated carbocycles. The zero-order valence-electron chi connectivity index (χ0n) is 14.5. The first-order valence-electron chi connectivity index (χ1n) is 8.24. The molecule has 5 nitrogen and oxygen atoms in total. The van der Waals surface area contributed by atoms with Crippen LogP contribution in [0, 0.1) is 0 Å². The molecule has 0 unspecified atom stereocenters. The first-order valence-corrected chi connectivity index (χ1v) is 8.24. The second-order valence-electron chi connectivity index (χ2n) is 5.62. The van der Waals surface area contributed by atoms with Crippen LogP contribution in [0.2, 0.25) is 0 Å². The van der Waals surface area contributed by atoms with Gasteiger partial charge >= 0.3 is 5.97 Å². The molecule has 0 radical (unpaired) electrons. The molecule has 5 heteroatoms. The van der Waals surface area contributed by atoms with Crippen molar-refractivity contribution in [3.05, 3.63) is 71.3 Å². The fourth-order valence-corrected chi connectivity index (χ4v) is 2.39. The summed E-state index contributed by atoms with van der Waals surface area (Å²) in [5.74, 6) is -0.955. The summed E-state index contributed by atoms with van der Waals surface area (Å²) in [5, 5.41) is 13.4. The Kier molecular flexibility index (Phi) is 7.16. The van der Waals surface area contributed by atoms with E-state index in [-0.39, 0.29) is 0 Å². The predicted molar refractivity (Wildman–Crippen MR) is 96.6 cm³/mol. The minimum absolute atomic E-state index is 0.315. The molecule has 2 rings (SSSR count). The quantitative estimate of drug-likeness (QED) is 0.558. The van der Waals surface area contributed by atoms with E-state index in [2.05, 4.69) is 5.16 Å². The van der Waals surface area contributed by atoms with E-state index in [9.17, 15) is 9.90 Å². The third-order valence-corrected chi connectivity index (χ3v) is 3.68. The summed E-state index contributed by atoms with van der Waals surface area (Å²) in [7, 11) is 0. The summed E-state index contributed by atoms with van der Waals surface area (Å²) >= 11 is 0. The Morgan fingerprint density at radius 3 is 2.52 bits per heavy atom. The molecule has 0 heterocycles. The zero-order valence-corrected chi connectivity index (χ0v) is 14.5. The van der Waals surface area contributed by atoms with Crippen molar-refractivity contribution in [1.29, 1.82) is 0 Å². The van der Waals surface area contributed by atoms with Crippen LogP contribution in [-0.2, 0) is 27.4 Å². The fraction of sp³-hybridized carbons (Fsp3) is 0.300. The molecule has 2 aromatic rings. The summed E-state index contributed by atoms with van der Waals surface area (Å²) in [6.45, 7) is 4.42. The standard InChI is InChI=1S/C20H23NO4/c1-3-24-19(20(22)23)13-17-10-7-11-18(12-17)15(2)21-25-14-16-8-5-4-6-9-16/h4-12,19H,3,13-14H2,1-2H3,(H,22,23)/b21-15+/t19-/m0/s1. The molecule has 132 valence electrons. The Balaban J connectivity index is 2.01. The molecule has 1 N–H and O–H groups in total. The van der Waals surface area contributed by atoms with Gasteiger partial charge in [0, 0.05) is 13.0 Å². The topological polar surface area (TPSA) is 68.1 Å². The molecule has 0 fully saturated rings. The number of oxime groups is 1. The number of hydrogen-bond acceptors (Lipinski definition) is 4. The van der Waals surface area contributed by atoms with Gasteiger partial charge in [-0.2, -0.15) is 0 Å². The molecule has 0 aliphatic carbocycles. The summed E-state index contributed by atoms with van der Waals surface area (Å²) in [6.07, 6.45) is -0.526. The van der Waals surface area contributed by atoms with Crippen molar-refractivity contribution in [2.75, 3.05) is 6.61 Å². The third kappa shape index (κ3) is 6.04. The summed E-state index contributed by atoms with van der Waals surface area (Å²) in [6, 6.07) is 17.4. The number of hydrogen-bond donors (Lipinski definition) is 1. The number of rotatable bonds is 9. The number of ether oxygens (including phenoxy) is 1. The summed E-state index contributed by atoms with van der Waals surface area (Å²) in [5.41, 5.74) is 3.57. The van der Waals surface area contributed by atoms with Crippen molar-refractivity contribution >= 4 is 11.7 Å². The van der Waals surface area contributed by atoms with Crippen molar-refractivity contribution in [3.63, 3.8) is 0 Å². The third-order valence-electron chi connectivity index (χ3n) is 3.68. The van der Waals surface area contributed by atoms with Crippen molar-refractivity contribution in [3.8, 4) is 0 Å². The normalized spacial score (nSPS) is 12.6. The lowest BCUT2D eigenvalue weighted by Crippen LogP contribution is -2.26. The van der Waals surface area contributed by atoms with Gasteiger partial charge in [-0.3, -0.25) is 0 Å². The first-order chi connectivity index (χ1) is 12.1. The Morgan fingerprint density at radius 2 is 1.84 bits per heavy atom. The molecule has 0 spiro atoms. The van der Waals surface area contributed by atoms with E-state index >= 15 is 0 Å². The summed E-state index contributed by atoms with van der Waals surface area (Å²) < 4.78 is 5.27. The Bertz CT molecular complexity index is 713. The van der Waals surface area contributed by atoms with Crippen LogP contribution in [0.4, 0.5) is 0 Å². The molecule has 0 saturated heterocycles. The maximum absolute atomic E-state index is 11.2. The molecular weight excluding hydrogens is 318 g/mol. The van der Waals surface area contributed by atoms with Crippen LogP contribution in [0.25, 0.3) is 0 Å². The highest BCUT2D eigenvalue weighted by Gasteiger charge is 2.18. The molecule has 0 amide bonds. The van der Waals surface area contributed by atoms with E-state index in [1.165, 1.54) is 0 Å². The first kappa shape index (κ1) is 18.7. The van der Waals surface area contributed by atoms with Crippen LogP contribution in [0.1, 0.15) is 30.5 Å². The van der Waals surface area contributed by atoms with Crippen molar-refractivity contribution in [2.45, 2.75) is 33.0 Å². The minimum atomic E-state index is -0.955. The van der Waals surface area contributed by atoms with E-state index in [0.29, 0.717) is 19.6 Å². The Labute approximate surface area is 147 Å². The highest BCUT2D eigenvalue weighted by molar-refractivity contribution is 5.98. The second-order valence-corrected chi connectivity index (χ2v) is 5.62. The number of carbonyl (C=O) groups is 1. The molecule has 1 atom stereocenters. The van der Waals surface area contributed by atoms with Gasteiger partial charge in [-0.1, -0.05) is 53.7 Å². The number of carboxylic acids is 1. The van der Waals surface area contributed by atoms with Gasteiger partial charge in [-0.05, 0) is 36.6 Å². The van der Waals surface area contributed by atoms with Crippen LogP contribution < -0.4 is 0 Å². The van der Waals surface area contributed by atoms with E-state index in [1.54, 1.807) is 6.92 Å². The highest BCUT2D eigenvalue weighted by atomic mass is 16.6. The molecule has 2 aromatic carbocycles. The average molecular weight is 341 g/mol. The van der Waals surface area contributed by atoms with Gasteiger partial charge in [-0.25, -0.2) is 4.79 Å². The number of carboxylic acid groups (broad SMARTS) is 1. The van der Waals surface area contributed by atoms with Gasteiger partial charge in [0.1, 0.15) is 6.61 Å². The minimum Gasteiger partial charge on any atom is -0.479 e. The smallest absolute Gasteiger partial charge is 0.333 e. The lowest BCUT2D eigenvalue weighted by Gasteiger charge is -2.13. The lowest BCUT2D eigenvalue weighted by atomic mass is 10.0. The maximum atomic E-state index is 11.2. The van der Waals surface area contributed by atoms with E-state index < -0.39 is 12.1 Å². The van der Waals surface area contributed by atoms with Crippen molar-refractivity contribution in [2.24, 2.45) is 5.16 Å². The van der Waals surface area contributed by atoms with Crippen LogP contribution >= 0.6 is 0 Å². The average Bonchev–Trinajstić information content (AvgIpc) is 2.62. The highest BCUT2D eigenvalue weighted by Crippen LogP contribution is 2.12. The Hall–Kier alpha value is -2.66. The summed E-state index contributed by atoms with van der Waals surface area (Å²) in [4.78, 5) is 16.6. The zero-order chi connectivity index (χ0) is 18.1. The van der Waals surface area contributed by atoms with Gasteiger partial charge in [0.05, 0.1) is 5.71 Å². The van der Waals surface area contributed by atoms with Crippen LogP contribution in [-0.4, -0.2) is 29.5 Å².